The van der Waals surface area contributed by atoms with Crippen molar-refractivity contribution in [3.63, 3.8) is 0 Å². The average molecular weight is 295 g/mol. The maximum Gasteiger partial charge on any atom is 0.0511 e. The fourth-order valence-electron chi connectivity index (χ4n) is 2.14. The Morgan fingerprint density at radius 3 is 2.58 bits per heavy atom. The van der Waals surface area contributed by atoms with Gasteiger partial charge < -0.3 is 10.3 Å². The number of nitrogens with one attached hydrogen (secondary N) is 1. The number of halogens is 2. The number of hydrogen-bond acceptors (Lipinski definition) is 2. The van der Waals surface area contributed by atoms with Crippen LogP contribution in [0.3, 0.4) is 0 Å². The average Bonchev–Trinajstić information content (AvgIpc) is 2.43. The van der Waals surface area contributed by atoms with Gasteiger partial charge in [0.05, 0.1) is 6.04 Å². The lowest BCUT2D eigenvalue weighted by molar-refractivity contribution is 0.693. The molecule has 0 amide bonds. The molecule has 0 bridgehead atoms. The Balaban J connectivity index is 2.18. The molecule has 0 aliphatic heterocycles. The number of anilines is 1. The second kappa shape index (κ2) is 6.78. The van der Waals surface area contributed by atoms with Gasteiger partial charge in [-0.3, -0.25) is 0 Å². The Kier molecular flexibility index (Phi) is 5.06. The van der Waals surface area contributed by atoms with E-state index in [1.54, 1.807) is 0 Å². The van der Waals surface area contributed by atoms with Crippen LogP contribution in [0.2, 0.25) is 5.02 Å². The Morgan fingerprint density at radius 1 is 1.26 bits per heavy atom. The SMILES string of the molecule is N=CCCN(c1ccc(Cl)cc1)C1C=CC(Cl)=CC1. The first-order valence-corrected chi connectivity index (χ1v) is 7.01. The summed E-state index contributed by atoms with van der Waals surface area (Å²) in [6.45, 7) is 0.811. The highest BCUT2D eigenvalue weighted by Gasteiger charge is 2.17. The van der Waals surface area contributed by atoms with Gasteiger partial charge in [0, 0.05) is 22.3 Å². The van der Waals surface area contributed by atoms with Gasteiger partial charge in [0.2, 0.25) is 0 Å². The zero-order valence-corrected chi connectivity index (χ0v) is 12.0. The third kappa shape index (κ3) is 3.85. The van der Waals surface area contributed by atoms with Crippen LogP contribution in [0.25, 0.3) is 0 Å². The third-order valence-corrected chi connectivity index (χ3v) is 3.64. The molecule has 0 fully saturated rings. The first kappa shape index (κ1) is 14.2. The zero-order valence-electron chi connectivity index (χ0n) is 10.5. The van der Waals surface area contributed by atoms with E-state index >= 15 is 0 Å². The zero-order chi connectivity index (χ0) is 13.7. The lowest BCUT2D eigenvalue weighted by atomic mass is 10.1. The number of nitrogens with zero attached hydrogens (tertiary/aromatic N) is 1. The summed E-state index contributed by atoms with van der Waals surface area (Å²) in [5.41, 5.74) is 1.12. The van der Waals surface area contributed by atoms with Gasteiger partial charge in [-0.05, 0) is 49.4 Å². The number of hydrogen-bond donors (Lipinski definition) is 1. The second-order valence-electron chi connectivity index (χ2n) is 4.41. The molecule has 4 heteroatoms. The van der Waals surface area contributed by atoms with Crippen molar-refractivity contribution in [3.8, 4) is 0 Å². The van der Waals surface area contributed by atoms with Gasteiger partial charge in [-0.2, -0.15) is 0 Å². The van der Waals surface area contributed by atoms with Gasteiger partial charge in [-0.25, -0.2) is 0 Å². The van der Waals surface area contributed by atoms with Crippen LogP contribution in [-0.4, -0.2) is 18.8 Å². The second-order valence-corrected chi connectivity index (χ2v) is 5.29. The van der Waals surface area contributed by atoms with Crippen LogP contribution < -0.4 is 4.90 Å². The molecule has 1 aliphatic carbocycles. The molecule has 0 heterocycles. The Morgan fingerprint density at radius 2 is 2.00 bits per heavy atom. The number of allylic oxidation sites excluding steroid dienone is 2. The highest BCUT2D eigenvalue weighted by Crippen LogP contribution is 2.25. The molecule has 0 saturated carbocycles. The Bertz CT molecular complexity index is 491. The molecule has 1 aromatic rings. The Labute approximate surface area is 123 Å². The van der Waals surface area contributed by atoms with Gasteiger partial charge in [0.15, 0.2) is 0 Å². The lowest BCUT2D eigenvalue weighted by Crippen LogP contribution is -2.35. The van der Waals surface area contributed by atoms with E-state index in [1.165, 1.54) is 6.21 Å². The molecule has 0 aromatic heterocycles. The fourth-order valence-corrected chi connectivity index (χ4v) is 2.42. The molecule has 2 rings (SSSR count). The van der Waals surface area contributed by atoms with E-state index in [0.29, 0.717) is 0 Å². The summed E-state index contributed by atoms with van der Waals surface area (Å²) in [6.07, 6.45) is 9.13. The fraction of sp³-hybridized carbons (Fsp3) is 0.267. The van der Waals surface area contributed by atoms with Crippen LogP contribution >= 0.6 is 23.2 Å². The molecule has 1 atom stereocenters. The molecule has 0 radical (unpaired) electrons. The van der Waals surface area contributed by atoms with Crippen molar-refractivity contribution < 1.29 is 0 Å². The highest BCUT2D eigenvalue weighted by molar-refractivity contribution is 6.31. The first-order valence-electron chi connectivity index (χ1n) is 6.25. The summed E-state index contributed by atoms with van der Waals surface area (Å²) >= 11 is 11.9. The van der Waals surface area contributed by atoms with Crippen LogP contribution in [0.1, 0.15) is 12.8 Å². The summed E-state index contributed by atoms with van der Waals surface area (Å²) < 4.78 is 0. The van der Waals surface area contributed by atoms with Crippen molar-refractivity contribution in [3.05, 3.63) is 52.5 Å². The predicted octanol–water partition coefficient (Wildman–Crippen LogP) is 4.64. The molecule has 1 unspecified atom stereocenters. The highest BCUT2D eigenvalue weighted by atomic mass is 35.5. The van der Waals surface area contributed by atoms with E-state index in [9.17, 15) is 0 Å². The van der Waals surface area contributed by atoms with Crippen LogP contribution in [0, 0.1) is 5.41 Å². The minimum absolute atomic E-state index is 0.281. The largest absolute Gasteiger partial charge is 0.364 e. The molecular weight excluding hydrogens is 279 g/mol. The first-order chi connectivity index (χ1) is 9.20. The smallest absolute Gasteiger partial charge is 0.0511 e. The number of benzene rings is 1. The summed E-state index contributed by atoms with van der Waals surface area (Å²) in [6, 6.07) is 8.09. The van der Waals surface area contributed by atoms with Gasteiger partial charge >= 0.3 is 0 Å². The normalized spacial score (nSPS) is 18.0. The molecule has 19 heavy (non-hydrogen) atoms. The van der Waals surface area contributed by atoms with Gasteiger partial charge in [-0.15, -0.1) is 0 Å². The van der Waals surface area contributed by atoms with Crippen LogP contribution in [0.15, 0.2) is 47.5 Å². The van der Waals surface area contributed by atoms with E-state index in [2.05, 4.69) is 11.0 Å². The summed E-state index contributed by atoms with van der Waals surface area (Å²) in [4.78, 5) is 2.28. The van der Waals surface area contributed by atoms with Crippen molar-refractivity contribution in [1.29, 1.82) is 5.41 Å². The van der Waals surface area contributed by atoms with Crippen LogP contribution in [0.5, 0.6) is 0 Å². The third-order valence-electron chi connectivity index (χ3n) is 3.10. The van der Waals surface area contributed by atoms with Crippen molar-refractivity contribution >= 4 is 35.1 Å². The Hall–Kier alpha value is -1.25. The number of rotatable bonds is 5. The maximum absolute atomic E-state index is 7.21. The van der Waals surface area contributed by atoms with Crippen molar-refractivity contribution in [2.75, 3.05) is 11.4 Å². The van der Waals surface area contributed by atoms with Crippen molar-refractivity contribution in [2.45, 2.75) is 18.9 Å². The molecule has 2 nitrogen and oxygen atoms in total. The van der Waals surface area contributed by atoms with Gasteiger partial charge in [0.25, 0.3) is 0 Å². The minimum Gasteiger partial charge on any atom is -0.364 e. The topological polar surface area (TPSA) is 27.1 Å². The molecule has 0 saturated heterocycles. The van der Waals surface area contributed by atoms with Crippen molar-refractivity contribution in [1.82, 2.24) is 0 Å². The van der Waals surface area contributed by atoms with E-state index in [-0.39, 0.29) is 6.04 Å². The van der Waals surface area contributed by atoms with E-state index in [1.807, 2.05) is 36.4 Å². The van der Waals surface area contributed by atoms with Gasteiger partial charge in [0.1, 0.15) is 0 Å². The van der Waals surface area contributed by atoms with Crippen molar-refractivity contribution in [2.24, 2.45) is 0 Å². The molecular formula is C15H16Cl2N2. The standard InChI is InChI=1S/C15H16Cl2N2/c16-12-2-6-14(7-3-12)19(11-1-10-18)15-8-4-13(17)5-9-15/h2-8,10,15,18H,1,9,11H2. The molecule has 0 spiro atoms. The summed E-state index contributed by atoms with van der Waals surface area (Å²) in [5.74, 6) is 0. The van der Waals surface area contributed by atoms with Gasteiger partial charge in [-0.1, -0.05) is 35.4 Å². The van der Waals surface area contributed by atoms with Crippen LogP contribution in [0.4, 0.5) is 5.69 Å². The monoisotopic (exact) mass is 294 g/mol. The van der Waals surface area contributed by atoms with E-state index in [4.69, 9.17) is 28.6 Å². The summed E-state index contributed by atoms with van der Waals surface area (Å²) in [7, 11) is 0. The molecule has 1 N–H and O–H groups in total. The molecule has 1 aliphatic rings. The molecule has 100 valence electrons. The minimum atomic E-state index is 0.281. The maximum atomic E-state index is 7.21. The van der Waals surface area contributed by atoms with E-state index in [0.717, 1.165) is 35.1 Å². The predicted molar refractivity (Wildman–Crippen MR) is 83.7 cm³/mol. The van der Waals surface area contributed by atoms with Crippen LogP contribution in [-0.2, 0) is 0 Å². The lowest BCUT2D eigenvalue weighted by Gasteiger charge is -2.32. The summed E-state index contributed by atoms with van der Waals surface area (Å²) in [5, 5.41) is 8.74. The molecule has 1 aromatic carbocycles. The van der Waals surface area contributed by atoms with E-state index < -0.39 is 0 Å². The quantitative estimate of drug-likeness (QED) is 0.787.